The molecule has 1 N–H and O–H groups in total. The molecule has 112 valence electrons. The summed E-state index contributed by atoms with van der Waals surface area (Å²) in [6, 6.07) is 10.6. The maximum Gasteiger partial charge on any atom is 0.127 e. The zero-order valence-electron chi connectivity index (χ0n) is 12.1. The van der Waals surface area contributed by atoms with E-state index in [9.17, 15) is 4.39 Å². The van der Waals surface area contributed by atoms with Gasteiger partial charge in [0.2, 0.25) is 0 Å². The average molecular weight is 326 g/mol. The minimum absolute atomic E-state index is 0.0179. The molecule has 1 nitrogen and oxygen atoms in total. The molecule has 0 aliphatic carbocycles. The Morgan fingerprint density at radius 1 is 1.19 bits per heavy atom. The lowest BCUT2D eigenvalue weighted by Crippen LogP contribution is -2.24. The van der Waals surface area contributed by atoms with E-state index >= 15 is 0 Å². The highest BCUT2D eigenvalue weighted by Gasteiger charge is 2.16. The lowest BCUT2D eigenvalue weighted by atomic mass is 9.95. The second kappa shape index (κ2) is 7.26. The van der Waals surface area contributed by atoms with Crippen molar-refractivity contribution in [1.29, 1.82) is 0 Å². The van der Waals surface area contributed by atoms with Gasteiger partial charge in [0.25, 0.3) is 0 Å². The maximum absolute atomic E-state index is 14.0. The second-order valence-corrected chi connectivity index (χ2v) is 5.85. The Kier molecular flexibility index (Phi) is 5.63. The van der Waals surface area contributed by atoms with Crippen LogP contribution in [0.5, 0.6) is 0 Å². The average Bonchev–Trinajstić information content (AvgIpc) is 2.44. The molecule has 2 aromatic carbocycles. The lowest BCUT2D eigenvalue weighted by molar-refractivity contribution is 0.526. The summed E-state index contributed by atoms with van der Waals surface area (Å²) < 4.78 is 14.0. The van der Waals surface area contributed by atoms with E-state index in [4.69, 9.17) is 23.2 Å². The van der Waals surface area contributed by atoms with Crippen molar-refractivity contribution in [2.75, 3.05) is 6.54 Å². The monoisotopic (exact) mass is 325 g/mol. The quantitative estimate of drug-likeness (QED) is 0.782. The number of hydrogen-bond acceptors (Lipinski definition) is 1. The van der Waals surface area contributed by atoms with Gasteiger partial charge in [-0.25, -0.2) is 4.39 Å². The molecule has 2 rings (SSSR count). The van der Waals surface area contributed by atoms with Gasteiger partial charge >= 0.3 is 0 Å². The van der Waals surface area contributed by atoms with Crippen molar-refractivity contribution in [1.82, 2.24) is 5.32 Å². The van der Waals surface area contributed by atoms with Gasteiger partial charge < -0.3 is 5.32 Å². The predicted molar refractivity (Wildman–Crippen MR) is 87.7 cm³/mol. The van der Waals surface area contributed by atoms with Gasteiger partial charge in [-0.1, -0.05) is 48.3 Å². The van der Waals surface area contributed by atoms with E-state index < -0.39 is 0 Å². The number of hydrogen-bond donors (Lipinski definition) is 1. The van der Waals surface area contributed by atoms with E-state index in [1.807, 2.05) is 32.0 Å². The zero-order chi connectivity index (χ0) is 15.4. The van der Waals surface area contributed by atoms with Gasteiger partial charge in [0, 0.05) is 16.1 Å². The van der Waals surface area contributed by atoms with Gasteiger partial charge in [0.1, 0.15) is 5.82 Å². The summed E-state index contributed by atoms with van der Waals surface area (Å²) >= 11 is 12.0. The van der Waals surface area contributed by atoms with Gasteiger partial charge in [-0.3, -0.25) is 0 Å². The van der Waals surface area contributed by atoms with Gasteiger partial charge in [0.15, 0.2) is 0 Å². The molecule has 0 radical (unpaired) electrons. The van der Waals surface area contributed by atoms with E-state index in [-0.39, 0.29) is 11.9 Å². The Labute approximate surface area is 135 Å². The molecule has 0 aliphatic heterocycles. The van der Waals surface area contributed by atoms with Gasteiger partial charge in [-0.05, 0) is 54.8 Å². The summed E-state index contributed by atoms with van der Waals surface area (Å²) in [6.07, 6.45) is 0.554. The number of benzene rings is 2. The lowest BCUT2D eigenvalue weighted by Gasteiger charge is -2.21. The Bertz CT molecular complexity index is 628. The van der Waals surface area contributed by atoms with Crippen molar-refractivity contribution >= 4 is 23.2 Å². The fourth-order valence-electron chi connectivity index (χ4n) is 2.45. The minimum atomic E-state index is -0.273. The fraction of sp³-hybridized carbons (Fsp3) is 0.294. The molecule has 0 amide bonds. The second-order valence-electron chi connectivity index (χ2n) is 5.00. The highest BCUT2D eigenvalue weighted by molar-refractivity contribution is 6.31. The topological polar surface area (TPSA) is 12.0 Å². The van der Waals surface area contributed by atoms with Crippen molar-refractivity contribution in [3.05, 3.63) is 69.0 Å². The smallest absolute Gasteiger partial charge is 0.127 e. The van der Waals surface area contributed by atoms with Crippen LogP contribution in [0.4, 0.5) is 4.39 Å². The number of halogens is 3. The largest absolute Gasteiger partial charge is 0.310 e. The molecule has 0 aromatic heterocycles. The van der Waals surface area contributed by atoms with Crippen molar-refractivity contribution in [2.45, 2.75) is 26.3 Å². The number of rotatable bonds is 5. The standard InChI is InChI=1S/C17H18Cl2FN/c1-3-21-17(14-5-4-6-15(19)11(14)2)9-12-7-8-13(18)10-16(12)20/h4-8,10,17,21H,3,9H2,1-2H3. The first-order valence-electron chi connectivity index (χ1n) is 6.95. The maximum atomic E-state index is 14.0. The Balaban J connectivity index is 2.33. The number of nitrogens with one attached hydrogen (secondary N) is 1. The van der Waals surface area contributed by atoms with Crippen LogP contribution >= 0.6 is 23.2 Å². The normalized spacial score (nSPS) is 12.4. The van der Waals surface area contributed by atoms with Crippen molar-refractivity contribution in [2.24, 2.45) is 0 Å². The van der Waals surface area contributed by atoms with Crippen LogP contribution < -0.4 is 5.32 Å². The molecular weight excluding hydrogens is 308 g/mol. The highest BCUT2D eigenvalue weighted by atomic mass is 35.5. The SMILES string of the molecule is CCNC(Cc1ccc(Cl)cc1F)c1cccc(Cl)c1C. The molecular formula is C17H18Cl2FN. The third-order valence-corrected chi connectivity index (χ3v) is 4.22. The fourth-order valence-corrected chi connectivity index (χ4v) is 2.79. The van der Waals surface area contributed by atoms with Gasteiger partial charge in [-0.15, -0.1) is 0 Å². The summed E-state index contributed by atoms with van der Waals surface area (Å²) in [7, 11) is 0. The van der Waals surface area contributed by atoms with Gasteiger partial charge in [-0.2, -0.15) is 0 Å². The Morgan fingerprint density at radius 2 is 1.95 bits per heavy atom. The minimum Gasteiger partial charge on any atom is -0.310 e. The van der Waals surface area contributed by atoms with Crippen molar-refractivity contribution in [3.8, 4) is 0 Å². The molecule has 0 aliphatic rings. The van der Waals surface area contributed by atoms with Crippen LogP contribution in [0, 0.1) is 12.7 Å². The van der Waals surface area contributed by atoms with Crippen LogP contribution in [0.2, 0.25) is 10.0 Å². The molecule has 0 spiro atoms. The molecule has 1 unspecified atom stereocenters. The van der Waals surface area contributed by atoms with Crippen LogP contribution in [0.15, 0.2) is 36.4 Å². The van der Waals surface area contributed by atoms with Crippen LogP contribution in [0.3, 0.4) is 0 Å². The van der Waals surface area contributed by atoms with Crippen LogP contribution in [0.1, 0.15) is 29.7 Å². The third kappa shape index (κ3) is 3.97. The third-order valence-electron chi connectivity index (χ3n) is 3.57. The summed E-state index contributed by atoms with van der Waals surface area (Å²) in [5.41, 5.74) is 2.77. The molecule has 21 heavy (non-hydrogen) atoms. The first-order chi connectivity index (χ1) is 10.0. The zero-order valence-corrected chi connectivity index (χ0v) is 13.6. The van der Waals surface area contributed by atoms with E-state index in [1.165, 1.54) is 6.07 Å². The van der Waals surface area contributed by atoms with E-state index in [2.05, 4.69) is 5.32 Å². The summed E-state index contributed by atoms with van der Waals surface area (Å²) in [6.45, 7) is 4.82. The van der Waals surface area contributed by atoms with Gasteiger partial charge in [0.05, 0.1) is 0 Å². The molecule has 0 saturated heterocycles. The Hall–Kier alpha value is -1.09. The molecule has 4 heteroatoms. The first kappa shape index (κ1) is 16.3. The summed E-state index contributed by atoms with van der Waals surface area (Å²) in [5, 5.41) is 4.54. The molecule has 0 bridgehead atoms. The highest BCUT2D eigenvalue weighted by Crippen LogP contribution is 2.28. The first-order valence-corrected chi connectivity index (χ1v) is 7.70. The summed E-state index contributed by atoms with van der Waals surface area (Å²) in [4.78, 5) is 0. The van der Waals surface area contributed by atoms with Crippen molar-refractivity contribution in [3.63, 3.8) is 0 Å². The molecule has 2 aromatic rings. The van der Waals surface area contributed by atoms with Crippen LogP contribution in [0.25, 0.3) is 0 Å². The Morgan fingerprint density at radius 3 is 2.62 bits per heavy atom. The van der Waals surface area contributed by atoms with E-state index in [0.29, 0.717) is 17.0 Å². The van der Waals surface area contributed by atoms with Crippen molar-refractivity contribution < 1.29 is 4.39 Å². The van der Waals surface area contributed by atoms with E-state index in [1.54, 1.807) is 12.1 Å². The molecule has 0 saturated carbocycles. The van der Waals surface area contributed by atoms with Crippen LogP contribution in [-0.2, 0) is 6.42 Å². The summed E-state index contributed by atoms with van der Waals surface area (Å²) in [5.74, 6) is -0.273. The predicted octanol–water partition coefficient (Wildman–Crippen LogP) is 5.33. The number of likely N-dealkylation sites (N-methyl/N-ethyl adjacent to an activating group) is 1. The molecule has 1 atom stereocenters. The molecule has 0 fully saturated rings. The van der Waals surface area contributed by atoms with Crippen LogP contribution in [-0.4, -0.2) is 6.54 Å². The molecule has 0 heterocycles. The van der Waals surface area contributed by atoms with E-state index in [0.717, 1.165) is 22.7 Å².